The van der Waals surface area contributed by atoms with Crippen LogP contribution < -0.4 is 4.72 Å². The Labute approximate surface area is 215 Å². The molecule has 2 heterocycles. The highest BCUT2D eigenvalue weighted by Crippen LogP contribution is 2.35. The van der Waals surface area contributed by atoms with Crippen molar-refractivity contribution in [1.29, 1.82) is 0 Å². The van der Waals surface area contributed by atoms with Crippen molar-refractivity contribution in [3.8, 4) is 11.3 Å². The van der Waals surface area contributed by atoms with Crippen LogP contribution in [0.1, 0.15) is 49.2 Å². The van der Waals surface area contributed by atoms with Gasteiger partial charge in [-0.05, 0) is 69.5 Å². The molecule has 0 fully saturated rings. The minimum atomic E-state index is -3.47. The van der Waals surface area contributed by atoms with E-state index in [1.807, 2.05) is 77.1 Å². The number of aryl methyl sites for hydroxylation is 2. The monoisotopic (exact) mass is 525 g/mol. The number of aromatic nitrogens is 2. The van der Waals surface area contributed by atoms with E-state index in [-0.39, 0.29) is 5.03 Å². The van der Waals surface area contributed by atoms with Crippen molar-refractivity contribution in [2.45, 2.75) is 56.9 Å². The molecule has 0 aliphatic heterocycles. The fourth-order valence-electron chi connectivity index (χ4n) is 3.93. The number of nitrogens with zero attached hydrogens (tertiary/aromatic N) is 2. The van der Waals surface area contributed by atoms with Crippen molar-refractivity contribution in [3.05, 3.63) is 77.0 Å². The van der Waals surface area contributed by atoms with Gasteiger partial charge in [0.1, 0.15) is 10.4 Å². The molecular formula is C27H31N3O4S2. The molecule has 0 saturated carbocycles. The molecule has 9 heteroatoms. The average molecular weight is 526 g/mol. The van der Waals surface area contributed by atoms with E-state index in [1.54, 1.807) is 6.07 Å². The number of pyridine rings is 1. The summed E-state index contributed by atoms with van der Waals surface area (Å²) in [6.07, 6.45) is 1.48. The maximum absolute atomic E-state index is 13.2. The van der Waals surface area contributed by atoms with Crippen molar-refractivity contribution in [2.24, 2.45) is 0 Å². The van der Waals surface area contributed by atoms with E-state index in [2.05, 4.69) is 14.9 Å². The molecular weight excluding hydrogens is 494 g/mol. The summed E-state index contributed by atoms with van der Waals surface area (Å²) in [5, 5.41) is 5.28. The summed E-state index contributed by atoms with van der Waals surface area (Å²) in [5.74, 6) is 0. The summed E-state index contributed by atoms with van der Waals surface area (Å²) in [4.78, 5) is 4.47. The topological polar surface area (TPSA) is 108 Å². The smallest absolute Gasteiger partial charge is 0.192 e. The van der Waals surface area contributed by atoms with E-state index in [0.717, 1.165) is 33.9 Å². The van der Waals surface area contributed by atoms with E-state index in [1.165, 1.54) is 6.07 Å². The van der Waals surface area contributed by atoms with Gasteiger partial charge in [-0.2, -0.15) is 0 Å². The maximum Gasteiger partial charge on any atom is 0.192 e. The lowest BCUT2D eigenvalue weighted by Crippen LogP contribution is -2.42. The normalized spacial score (nSPS) is 14.2. The van der Waals surface area contributed by atoms with E-state index >= 15 is 0 Å². The van der Waals surface area contributed by atoms with Crippen LogP contribution in [0.15, 0.2) is 64.1 Å². The first-order chi connectivity index (χ1) is 16.8. The van der Waals surface area contributed by atoms with Gasteiger partial charge >= 0.3 is 0 Å². The molecule has 2 aromatic carbocycles. The van der Waals surface area contributed by atoms with E-state index in [4.69, 9.17) is 4.52 Å². The van der Waals surface area contributed by atoms with Gasteiger partial charge in [0.15, 0.2) is 20.4 Å². The van der Waals surface area contributed by atoms with Gasteiger partial charge in [0.25, 0.3) is 0 Å². The summed E-state index contributed by atoms with van der Waals surface area (Å²) >= 11 is -1.40. The second-order valence-corrected chi connectivity index (χ2v) is 14.0. The molecule has 0 amide bonds. The highest BCUT2D eigenvalue weighted by atomic mass is 32.2. The van der Waals surface area contributed by atoms with Gasteiger partial charge in [-0.3, -0.25) is 0 Å². The molecule has 0 saturated heterocycles. The third-order valence-electron chi connectivity index (χ3n) is 5.98. The Hall–Kier alpha value is -2.72. The second kappa shape index (κ2) is 9.97. The van der Waals surface area contributed by atoms with Crippen LogP contribution >= 0.6 is 0 Å². The van der Waals surface area contributed by atoms with Crippen molar-refractivity contribution < 1.29 is 17.5 Å². The van der Waals surface area contributed by atoms with Crippen LogP contribution in [0, 0.1) is 13.8 Å². The van der Waals surface area contributed by atoms with E-state index in [0.29, 0.717) is 23.4 Å². The van der Waals surface area contributed by atoms with Crippen LogP contribution in [0.4, 0.5) is 0 Å². The third-order valence-corrected chi connectivity index (χ3v) is 8.58. The van der Waals surface area contributed by atoms with Crippen molar-refractivity contribution in [2.75, 3.05) is 6.26 Å². The number of hydrogen-bond acceptors (Lipinski definition) is 7. The number of sulfone groups is 1. The molecule has 1 unspecified atom stereocenters. The Bertz CT molecular complexity index is 1510. The summed E-state index contributed by atoms with van der Waals surface area (Å²) in [6.45, 7) is 9.60. The Morgan fingerprint density at radius 3 is 2.50 bits per heavy atom. The summed E-state index contributed by atoms with van der Waals surface area (Å²) in [7, 11) is -3.47. The van der Waals surface area contributed by atoms with Gasteiger partial charge in [-0.15, -0.1) is 4.72 Å². The van der Waals surface area contributed by atoms with Gasteiger partial charge in [0, 0.05) is 40.7 Å². The van der Waals surface area contributed by atoms with Gasteiger partial charge < -0.3 is 9.08 Å². The molecule has 190 valence electrons. The number of rotatable bonds is 7. The molecule has 4 aromatic rings. The van der Waals surface area contributed by atoms with Crippen LogP contribution in [-0.4, -0.2) is 34.1 Å². The summed E-state index contributed by atoms with van der Waals surface area (Å²) in [5.41, 5.74) is 5.67. The van der Waals surface area contributed by atoms with Gasteiger partial charge in [0.2, 0.25) is 0 Å². The fraction of sp³-hybridized carbons (Fsp3) is 0.333. The Morgan fingerprint density at radius 1 is 1.08 bits per heavy atom. The molecule has 2 aromatic heterocycles. The van der Waals surface area contributed by atoms with Crippen molar-refractivity contribution in [3.63, 3.8) is 0 Å². The molecule has 2 atom stereocenters. The highest BCUT2D eigenvalue weighted by molar-refractivity contribution is 7.91. The number of nitrogens with one attached hydrogen (secondary N) is 1. The first kappa shape index (κ1) is 26.3. The predicted octanol–water partition coefficient (Wildman–Crippen LogP) is 5.25. The van der Waals surface area contributed by atoms with E-state index in [9.17, 15) is 13.0 Å². The fourth-order valence-corrected chi connectivity index (χ4v) is 5.35. The zero-order valence-electron chi connectivity index (χ0n) is 21.3. The second-order valence-electron chi connectivity index (χ2n) is 10.1. The highest BCUT2D eigenvalue weighted by Gasteiger charge is 2.32. The van der Waals surface area contributed by atoms with Gasteiger partial charge in [0.05, 0.1) is 6.04 Å². The lowest BCUT2D eigenvalue weighted by Gasteiger charge is -2.29. The molecule has 4 rings (SSSR count). The zero-order chi connectivity index (χ0) is 26.3. The lowest BCUT2D eigenvalue weighted by atomic mass is 9.93. The quantitative estimate of drug-likeness (QED) is 0.329. The van der Waals surface area contributed by atoms with Crippen molar-refractivity contribution in [1.82, 2.24) is 14.9 Å². The van der Waals surface area contributed by atoms with Crippen LogP contribution in [0.25, 0.3) is 22.2 Å². The van der Waals surface area contributed by atoms with Gasteiger partial charge in [-0.1, -0.05) is 41.6 Å². The minimum Gasteiger partial charge on any atom is -0.598 e. The Kier molecular flexibility index (Phi) is 7.30. The molecule has 0 radical (unpaired) electrons. The number of fused-ring (bicyclic) bond motifs is 1. The largest absolute Gasteiger partial charge is 0.598 e. The molecule has 7 nitrogen and oxygen atoms in total. The van der Waals surface area contributed by atoms with Crippen LogP contribution in [0.2, 0.25) is 0 Å². The minimum absolute atomic E-state index is 0.0185. The average Bonchev–Trinajstić information content (AvgIpc) is 3.21. The molecule has 1 N–H and O–H groups in total. The van der Waals surface area contributed by atoms with Crippen LogP contribution in [0.5, 0.6) is 0 Å². The summed E-state index contributed by atoms with van der Waals surface area (Å²) in [6, 6.07) is 16.6. The van der Waals surface area contributed by atoms with E-state index < -0.39 is 32.0 Å². The SMILES string of the molecule is Cc1ccc2c(-c3ccccc3[C@H](Cc3nc(S(C)(=O)=O)ccc3C)N[S+]([O-])C(C)(C)C)noc2c1. The Balaban J connectivity index is 1.84. The van der Waals surface area contributed by atoms with Crippen molar-refractivity contribution >= 4 is 32.2 Å². The number of benzene rings is 2. The molecule has 36 heavy (non-hydrogen) atoms. The number of hydrogen-bond donors (Lipinski definition) is 1. The zero-order valence-corrected chi connectivity index (χ0v) is 23.0. The third kappa shape index (κ3) is 5.64. The maximum atomic E-state index is 13.2. The standard InChI is InChI=1S/C27H31N3O4S2/c1-17-11-13-21-24(15-17)34-29-26(21)20-10-8-7-9-19(20)23(30-35(31)27(3,4)5)16-22-18(2)12-14-25(28-22)36(6,32)33/h7-15,23,30H,16H2,1-6H3/t23-,35?/m0/s1. The molecule has 0 aliphatic rings. The van der Waals surface area contributed by atoms with Crippen LogP contribution in [-0.2, 0) is 27.6 Å². The Morgan fingerprint density at radius 2 is 1.81 bits per heavy atom. The molecule has 0 spiro atoms. The first-order valence-corrected chi connectivity index (χ1v) is 14.7. The molecule has 0 bridgehead atoms. The first-order valence-electron chi connectivity index (χ1n) is 11.6. The lowest BCUT2D eigenvalue weighted by molar-refractivity contribution is 0.459. The predicted molar refractivity (Wildman–Crippen MR) is 144 cm³/mol. The van der Waals surface area contributed by atoms with Gasteiger partial charge in [-0.25, -0.2) is 13.4 Å². The summed E-state index contributed by atoms with van der Waals surface area (Å²) < 4.78 is 46.0. The molecule has 0 aliphatic carbocycles. The van der Waals surface area contributed by atoms with Crippen LogP contribution in [0.3, 0.4) is 0 Å².